The van der Waals surface area contributed by atoms with Crippen LogP contribution in [0, 0.1) is 0 Å². The van der Waals surface area contributed by atoms with Gasteiger partial charge < -0.3 is 5.32 Å². The second-order valence-corrected chi connectivity index (χ2v) is 6.56. The summed E-state index contributed by atoms with van der Waals surface area (Å²) in [7, 11) is 0. The molecule has 1 amide bonds. The number of carbonyl (C=O) groups is 1. The van der Waals surface area contributed by atoms with E-state index in [1.54, 1.807) is 0 Å². The Morgan fingerprint density at radius 2 is 1.08 bits per heavy atom. The predicted octanol–water partition coefficient (Wildman–Crippen LogP) is 4.41. The molecule has 124 valence electrons. The van der Waals surface area contributed by atoms with Crippen LogP contribution >= 0.6 is 0 Å². The van der Waals surface area contributed by atoms with Crippen molar-refractivity contribution in [1.82, 2.24) is 5.32 Å². The van der Waals surface area contributed by atoms with Crippen molar-refractivity contribution in [2.75, 3.05) is 0 Å². The molecule has 1 aliphatic rings. The van der Waals surface area contributed by atoms with E-state index in [1.165, 1.54) is 0 Å². The van der Waals surface area contributed by atoms with Crippen molar-refractivity contribution in [3.05, 3.63) is 108 Å². The van der Waals surface area contributed by atoms with Crippen LogP contribution < -0.4 is 5.32 Å². The summed E-state index contributed by atoms with van der Waals surface area (Å²) in [6.07, 6.45) is 0.729. The Morgan fingerprint density at radius 3 is 1.44 bits per heavy atom. The quantitative estimate of drug-likeness (QED) is 0.707. The molecule has 1 unspecified atom stereocenters. The first-order chi connectivity index (χ1) is 12.3. The molecule has 1 N–H and O–H groups in total. The average molecular weight is 327 g/mol. The van der Waals surface area contributed by atoms with Crippen LogP contribution in [0.25, 0.3) is 0 Å². The van der Waals surface area contributed by atoms with Gasteiger partial charge in [0, 0.05) is 0 Å². The molecule has 0 aromatic heterocycles. The van der Waals surface area contributed by atoms with Gasteiger partial charge >= 0.3 is 0 Å². The van der Waals surface area contributed by atoms with Gasteiger partial charge in [0.1, 0.15) is 11.0 Å². The molecule has 0 spiro atoms. The van der Waals surface area contributed by atoms with Crippen molar-refractivity contribution in [3.8, 4) is 0 Å². The molecule has 1 heterocycles. The Kier molecular flexibility index (Phi) is 3.69. The highest BCUT2D eigenvalue weighted by Crippen LogP contribution is 2.55. The smallest absolute Gasteiger partial charge is 0.234 e. The van der Waals surface area contributed by atoms with Gasteiger partial charge in [-0.25, -0.2) is 0 Å². The highest BCUT2D eigenvalue weighted by atomic mass is 16.2. The van der Waals surface area contributed by atoms with Gasteiger partial charge in [0.05, 0.1) is 0 Å². The molecule has 3 aromatic rings. The molecule has 0 bridgehead atoms. The number of carbonyl (C=O) groups excluding carboxylic acids is 1. The largest absolute Gasteiger partial charge is 0.340 e. The lowest BCUT2D eigenvalue weighted by Gasteiger charge is -2.59. The number of rotatable bonds is 4. The Bertz CT molecular complexity index is 834. The number of hydrogen-bond donors (Lipinski definition) is 1. The number of β-lactam (4-membered cyclic amide) rings is 1. The Balaban J connectivity index is 2.03. The van der Waals surface area contributed by atoms with E-state index in [4.69, 9.17) is 0 Å². The van der Waals surface area contributed by atoms with E-state index in [0.29, 0.717) is 0 Å². The van der Waals surface area contributed by atoms with E-state index in [9.17, 15) is 4.79 Å². The van der Waals surface area contributed by atoms with Crippen LogP contribution in [-0.2, 0) is 15.7 Å². The van der Waals surface area contributed by atoms with Crippen molar-refractivity contribution < 1.29 is 4.79 Å². The van der Waals surface area contributed by atoms with Crippen molar-refractivity contribution >= 4 is 5.91 Å². The second kappa shape index (κ2) is 5.89. The molecule has 2 nitrogen and oxygen atoms in total. The lowest BCUT2D eigenvalue weighted by Crippen LogP contribution is -2.77. The summed E-state index contributed by atoms with van der Waals surface area (Å²) < 4.78 is 0. The van der Waals surface area contributed by atoms with Crippen molar-refractivity contribution in [2.24, 2.45) is 0 Å². The summed E-state index contributed by atoms with van der Waals surface area (Å²) in [5.74, 6) is 0.0916. The molecule has 1 aliphatic heterocycles. The van der Waals surface area contributed by atoms with E-state index >= 15 is 0 Å². The SMILES string of the molecule is CCC1(c2ccccc2)C(=O)NC1(c1ccccc1)c1ccccc1. The van der Waals surface area contributed by atoms with E-state index < -0.39 is 11.0 Å². The lowest BCUT2D eigenvalue weighted by atomic mass is 9.52. The van der Waals surface area contributed by atoms with Crippen LogP contribution in [0.15, 0.2) is 91.0 Å². The summed E-state index contributed by atoms with van der Waals surface area (Å²) in [5.41, 5.74) is 2.13. The van der Waals surface area contributed by atoms with Crippen LogP contribution in [-0.4, -0.2) is 5.91 Å². The second-order valence-electron chi connectivity index (χ2n) is 6.56. The van der Waals surface area contributed by atoms with Crippen LogP contribution in [0.1, 0.15) is 30.0 Å². The maximum Gasteiger partial charge on any atom is 0.234 e. The van der Waals surface area contributed by atoms with Gasteiger partial charge in [0.15, 0.2) is 0 Å². The van der Waals surface area contributed by atoms with Gasteiger partial charge in [-0.15, -0.1) is 0 Å². The fourth-order valence-electron chi connectivity index (χ4n) is 4.37. The monoisotopic (exact) mass is 327 g/mol. The summed E-state index contributed by atoms with van der Waals surface area (Å²) in [5, 5.41) is 3.29. The minimum atomic E-state index is -0.614. The Hall–Kier alpha value is -2.87. The van der Waals surface area contributed by atoms with Crippen molar-refractivity contribution in [2.45, 2.75) is 24.3 Å². The molecule has 1 atom stereocenters. The molecule has 25 heavy (non-hydrogen) atoms. The Labute approximate surface area is 148 Å². The fraction of sp³-hybridized carbons (Fsp3) is 0.174. The van der Waals surface area contributed by atoms with Gasteiger partial charge in [0.2, 0.25) is 5.91 Å². The molecule has 0 aliphatic carbocycles. The summed E-state index contributed by atoms with van der Waals surface area (Å²) in [6, 6.07) is 30.8. The molecular formula is C23H21NO. The van der Waals surface area contributed by atoms with Gasteiger partial charge in [0.25, 0.3) is 0 Å². The molecule has 0 radical (unpaired) electrons. The van der Waals surface area contributed by atoms with Crippen LogP contribution in [0.4, 0.5) is 0 Å². The standard InChI is InChI=1S/C23H21NO/c1-2-22(18-12-6-3-7-13-18)21(25)24-23(22,19-14-8-4-9-15-19)20-16-10-5-11-17-20/h3-17H,2H2,1H3,(H,24,25). The van der Waals surface area contributed by atoms with Crippen LogP contribution in [0.5, 0.6) is 0 Å². The van der Waals surface area contributed by atoms with Gasteiger partial charge in [-0.05, 0) is 23.1 Å². The average Bonchev–Trinajstić information content (AvgIpc) is 2.69. The molecular weight excluding hydrogens is 306 g/mol. The van der Waals surface area contributed by atoms with E-state index in [2.05, 4.69) is 48.6 Å². The first-order valence-electron chi connectivity index (χ1n) is 8.75. The van der Waals surface area contributed by atoms with Crippen molar-refractivity contribution in [1.29, 1.82) is 0 Å². The third-order valence-corrected chi connectivity index (χ3v) is 5.54. The van der Waals surface area contributed by atoms with Gasteiger partial charge in [-0.3, -0.25) is 4.79 Å². The topological polar surface area (TPSA) is 29.1 Å². The molecule has 3 aromatic carbocycles. The highest BCUT2D eigenvalue weighted by Gasteiger charge is 2.67. The zero-order chi connectivity index (χ0) is 17.3. The first kappa shape index (κ1) is 15.6. The number of amides is 1. The Morgan fingerprint density at radius 1 is 0.680 bits per heavy atom. The maximum absolute atomic E-state index is 13.0. The first-order valence-corrected chi connectivity index (χ1v) is 8.75. The summed E-state index contributed by atoms with van der Waals surface area (Å²) in [4.78, 5) is 13.0. The summed E-state index contributed by atoms with van der Waals surface area (Å²) >= 11 is 0. The third kappa shape index (κ3) is 2.00. The third-order valence-electron chi connectivity index (χ3n) is 5.54. The highest BCUT2D eigenvalue weighted by molar-refractivity contribution is 5.99. The fourth-order valence-corrected chi connectivity index (χ4v) is 4.37. The zero-order valence-electron chi connectivity index (χ0n) is 14.3. The predicted molar refractivity (Wildman–Crippen MR) is 100 cm³/mol. The number of hydrogen-bond acceptors (Lipinski definition) is 1. The molecule has 4 rings (SSSR count). The van der Waals surface area contributed by atoms with Gasteiger partial charge in [-0.1, -0.05) is 97.9 Å². The molecule has 1 saturated heterocycles. The molecule has 0 saturated carbocycles. The number of nitrogens with one attached hydrogen (secondary N) is 1. The lowest BCUT2D eigenvalue weighted by molar-refractivity contribution is -0.144. The molecule has 1 fully saturated rings. The minimum Gasteiger partial charge on any atom is -0.340 e. The normalized spacial score (nSPS) is 21.2. The van der Waals surface area contributed by atoms with Gasteiger partial charge in [-0.2, -0.15) is 0 Å². The van der Waals surface area contributed by atoms with E-state index in [-0.39, 0.29) is 5.91 Å². The van der Waals surface area contributed by atoms with Crippen LogP contribution in [0.3, 0.4) is 0 Å². The maximum atomic E-state index is 13.0. The van der Waals surface area contributed by atoms with E-state index in [0.717, 1.165) is 23.1 Å². The minimum absolute atomic E-state index is 0.0916. The summed E-state index contributed by atoms with van der Waals surface area (Å²) in [6.45, 7) is 2.10. The van der Waals surface area contributed by atoms with Crippen molar-refractivity contribution in [3.63, 3.8) is 0 Å². The number of benzene rings is 3. The zero-order valence-corrected chi connectivity index (χ0v) is 14.3. The molecule has 2 heteroatoms. The van der Waals surface area contributed by atoms with Crippen LogP contribution in [0.2, 0.25) is 0 Å². The van der Waals surface area contributed by atoms with E-state index in [1.807, 2.05) is 54.6 Å².